The number of halogens is 2. The highest BCUT2D eigenvalue weighted by molar-refractivity contribution is 5.99. The highest BCUT2D eigenvalue weighted by atomic mass is 19.3. The number of nitrogens with two attached hydrogens (primary N) is 1. The van der Waals surface area contributed by atoms with Crippen molar-refractivity contribution in [1.82, 2.24) is 5.32 Å². The highest BCUT2D eigenvalue weighted by Crippen LogP contribution is 2.26. The summed E-state index contributed by atoms with van der Waals surface area (Å²) in [5.41, 5.74) is 5.94. The molecule has 1 amide bonds. The van der Waals surface area contributed by atoms with Crippen molar-refractivity contribution < 1.29 is 23.0 Å². The van der Waals surface area contributed by atoms with Crippen LogP contribution in [0.1, 0.15) is 10.4 Å². The third-order valence-corrected chi connectivity index (χ3v) is 1.97. The first-order chi connectivity index (χ1) is 7.98. The second kappa shape index (κ2) is 3.93. The lowest BCUT2D eigenvalue weighted by atomic mass is 10.2. The summed E-state index contributed by atoms with van der Waals surface area (Å²) in [6.07, 6.45) is -3.12. The molecule has 17 heavy (non-hydrogen) atoms. The van der Waals surface area contributed by atoms with E-state index in [1.54, 1.807) is 12.1 Å². The van der Waals surface area contributed by atoms with E-state index >= 15 is 0 Å². The van der Waals surface area contributed by atoms with Gasteiger partial charge in [0.25, 0.3) is 5.91 Å². The Labute approximate surface area is 94.8 Å². The summed E-state index contributed by atoms with van der Waals surface area (Å²) in [6.45, 7) is 0. The van der Waals surface area contributed by atoms with Gasteiger partial charge >= 0.3 is 6.29 Å². The number of alkyl halides is 2. The molecule has 90 valence electrons. The minimum absolute atomic E-state index is 0.159. The van der Waals surface area contributed by atoms with Gasteiger partial charge in [0.15, 0.2) is 6.26 Å². The molecule has 0 unspecified atom stereocenters. The van der Waals surface area contributed by atoms with Crippen molar-refractivity contribution in [2.75, 3.05) is 5.73 Å². The van der Waals surface area contributed by atoms with Crippen LogP contribution in [0, 0.1) is 0 Å². The maximum atomic E-state index is 12.5. The molecule has 7 heteroatoms. The molecule has 1 heterocycles. The van der Waals surface area contributed by atoms with Crippen LogP contribution >= 0.6 is 0 Å². The minimum Gasteiger partial charge on any atom is -0.402 e. The van der Waals surface area contributed by atoms with E-state index in [1.165, 1.54) is 12.1 Å². The van der Waals surface area contributed by atoms with Crippen molar-refractivity contribution in [1.29, 1.82) is 0 Å². The fraction of sp³-hybridized carbons (Fsp3) is 0.100. The quantitative estimate of drug-likeness (QED) is 0.768. The van der Waals surface area contributed by atoms with Crippen LogP contribution < -0.4 is 11.1 Å². The fourth-order valence-electron chi connectivity index (χ4n) is 1.24. The summed E-state index contributed by atoms with van der Waals surface area (Å²) in [5, 5.41) is 2.11. The zero-order valence-electron chi connectivity index (χ0n) is 8.44. The first-order valence-corrected chi connectivity index (χ1v) is 4.58. The Bertz CT molecular complexity index is 488. The van der Waals surface area contributed by atoms with Crippen molar-refractivity contribution >= 4 is 11.6 Å². The predicted molar refractivity (Wildman–Crippen MR) is 53.5 cm³/mol. The smallest absolute Gasteiger partial charge is 0.402 e. The number of para-hydroxylation sites is 1. The molecule has 1 aromatic rings. The molecule has 0 aliphatic carbocycles. The number of carbonyl (C=O) groups is 1. The summed E-state index contributed by atoms with van der Waals surface area (Å²) in [5.74, 6) is -1.13. The van der Waals surface area contributed by atoms with E-state index in [0.29, 0.717) is 6.26 Å². The van der Waals surface area contributed by atoms with Crippen LogP contribution in [0.15, 0.2) is 36.4 Å². The number of rotatable bonds is 2. The van der Waals surface area contributed by atoms with Gasteiger partial charge in [0, 0.05) is 5.69 Å². The average molecular weight is 242 g/mol. The van der Waals surface area contributed by atoms with E-state index in [0.717, 1.165) is 0 Å². The van der Waals surface area contributed by atoms with Gasteiger partial charge in [-0.15, -0.1) is 8.78 Å². The van der Waals surface area contributed by atoms with Crippen LogP contribution in [0.2, 0.25) is 0 Å². The summed E-state index contributed by atoms with van der Waals surface area (Å²) in [7, 11) is 0. The van der Waals surface area contributed by atoms with Crippen molar-refractivity contribution in [2.24, 2.45) is 0 Å². The number of anilines is 1. The topological polar surface area (TPSA) is 73.6 Å². The van der Waals surface area contributed by atoms with Crippen molar-refractivity contribution in [3.8, 4) is 0 Å². The summed E-state index contributed by atoms with van der Waals surface area (Å²) in [4.78, 5) is 11.6. The maximum Gasteiger partial charge on any atom is 0.586 e. The van der Waals surface area contributed by atoms with Crippen LogP contribution in [-0.4, -0.2) is 12.2 Å². The number of ether oxygens (including phenoxy) is 2. The van der Waals surface area contributed by atoms with Gasteiger partial charge in [0.1, 0.15) is 0 Å². The molecule has 0 fully saturated rings. The molecule has 3 N–H and O–H groups in total. The van der Waals surface area contributed by atoms with Crippen LogP contribution in [0.4, 0.5) is 14.5 Å². The average Bonchev–Trinajstić information content (AvgIpc) is 2.58. The van der Waals surface area contributed by atoms with Crippen molar-refractivity contribution in [2.45, 2.75) is 6.29 Å². The Hall–Kier alpha value is -2.31. The molecule has 0 bridgehead atoms. The van der Waals surface area contributed by atoms with E-state index in [1.807, 2.05) is 0 Å². The SMILES string of the molecule is Nc1ccccc1C(=O)NC1=COC(F)(F)O1. The zero-order chi connectivity index (χ0) is 12.5. The van der Waals surface area contributed by atoms with E-state index in [-0.39, 0.29) is 11.3 Å². The van der Waals surface area contributed by atoms with Gasteiger partial charge in [-0.25, -0.2) is 0 Å². The van der Waals surface area contributed by atoms with Crippen LogP contribution in [0.25, 0.3) is 0 Å². The molecule has 1 aliphatic heterocycles. The van der Waals surface area contributed by atoms with Gasteiger partial charge in [-0.05, 0) is 12.1 Å². The normalized spacial score (nSPS) is 16.7. The van der Waals surface area contributed by atoms with Gasteiger partial charge < -0.3 is 15.2 Å². The summed E-state index contributed by atoms with van der Waals surface area (Å²) in [6, 6.07) is 6.22. The van der Waals surface area contributed by atoms with Crippen molar-refractivity contribution in [3.63, 3.8) is 0 Å². The molecule has 1 aliphatic rings. The van der Waals surface area contributed by atoms with E-state index in [2.05, 4.69) is 14.8 Å². The molecule has 2 rings (SSSR count). The second-order valence-corrected chi connectivity index (χ2v) is 3.21. The zero-order valence-corrected chi connectivity index (χ0v) is 8.44. The van der Waals surface area contributed by atoms with Crippen molar-refractivity contribution in [3.05, 3.63) is 42.0 Å². The third-order valence-electron chi connectivity index (χ3n) is 1.97. The Morgan fingerprint density at radius 1 is 1.35 bits per heavy atom. The maximum absolute atomic E-state index is 12.5. The molecule has 0 atom stereocenters. The standard InChI is InChI=1S/C10H8F2N2O3/c11-10(12)16-5-8(17-10)14-9(15)6-3-1-2-4-7(6)13/h1-5H,13H2,(H,14,15). The number of nitrogen functional groups attached to an aromatic ring is 1. The molecule has 0 saturated heterocycles. The lowest BCUT2D eigenvalue weighted by Crippen LogP contribution is -2.26. The number of benzene rings is 1. The van der Waals surface area contributed by atoms with E-state index in [4.69, 9.17) is 5.73 Å². The summed E-state index contributed by atoms with van der Waals surface area (Å²) < 4.78 is 32.8. The molecule has 0 aromatic heterocycles. The Kier molecular flexibility index (Phi) is 2.58. The molecular formula is C10H8F2N2O3. The first kappa shape index (κ1) is 11.2. The predicted octanol–water partition coefficient (Wildman–Crippen LogP) is 1.39. The largest absolute Gasteiger partial charge is 0.586 e. The van der Waals surface area contributed by atoms with Gasteiger partial charge in [0.05, 0.1) is 5.56 Å². The molecule has 0 saturated carbocycles. The Morgan fingerprint density at radius 3 is 2.65 bits per heavy atom. The second-order valence-electron chi connectivity index (χ2n) is 3.21. The van der Waals surface area contributed by atoms with E-state index < -0.39 is 18.1 Å². The Morgan fingerprint density at radius 2 is 2.06 bits per heavy atom. The van der Waals surface area contributed by atoms with Gasteiger partial charge in [0.2, 0.25) is 5.88 Å². The lowest BCUT2D eigenvalue weighted by molar-refractivity contribution is -0.334. The number of amides is 1. The molecular weight excluding hydrogens is 234 g/mol. The number of hydrogen-bond donors (Lipinski definition) is 2. The molecule has 1 aromatic carbocycles. The van der Waals surface area contributed by atoms with Gasteiger partial charge in [-0.3, -0.25) is 10.1 Å². The number of nitrogens with one attached hydrogen (secondary N) is 1. The Balaban J connectivity index is 2.07. The fourth-order valence-corrected chi connectivity index (χ4v) is 1.24. The lowest BCUT2D eigenvalue weighted by Gasteiger charge is -2.09. The van der Waals surface area contributed by atoms with Gasteiger partial charge in [-0.1, -0.05) is 12.1 Å². The third kappa shape index (κ3) is 2.44. The molecule has 5 nitrogen and oxygen atoms in total. The van der Waals surface area contributed by atoms with Crippen LogP contribution in [0.3, 0.4) is 0 Å². The monoisotopic (exact) mass is 242 g/mol. The first-order valence-electron chi connectivity index (χ1n) is 4.58. The van der Waals surface area contributed by atoms with E-state index in [9.17, 15) is 13.6 Å². The minimum atomic E-state index is -3.75. The number of hydrogen-bond acceptors (Lipinski definition) is 4. The van der Waals surface area contributed by atoms with Crippen LogP contribution in [-0.2, 0) is 9.47 Å². The highest BCUT2D eigenvalue weighted by Gasteiger charge is 2.41. The van der Waals surface area contributed by atoms with Gasteiger partial charge in [-0.2, -0.15) is 0 Å². The molecule has 0 spiro atoms. The summed E-state index contributed by atoms with van der Waals surface area (Å²) >= 11 is 0. The van der Waals surface area contributed by atoms with Crippen LogP contribution in [0.5, 0.6) is 0 Å². The molecule has 0 radical (unpaired) electrons. The number of carbonyl (C=O) groups excluding carboxylic acids is 1.